The highest BCUT2D eigenvalue weighted by atomic mass is 16.1. The second-order valence-electron chi connectivity index (χ2n) is 6.14. The molecule has 3 nitrogen and oxygen atoms in total. The van der Waals surface area contributed by atoms with Crippen LogP contribution in [0, 0.1) is 0 Å². The minimum Gasteiger partial charge on any atom is -0.350 e. The minimum atomic E-state index is 0.0282. The lowest BCUT2D eigenvalue weighted by Crippen LogP contribution is -2.41. The molecule has 120 valence electrons. The Bertz CT molecular complexity index is 612. The average molecular weight is 308 g/mol. The standard InChI is InChI=1S/C20H24N2O/c23-20(18-10-5-2-6-11-18)21-16-19-12-7-14-22(19)15-13-17-8-3-1-4-9-17/h1-6,8-11,19H,7,12-16H2,(H,21,23)/t19-/m0/s1. The summed E-state index contributed by atoms with van der Waals surface area (Å²) in [5.74, 6) is 0.0282. The third kappa shape index (κ3) is 4.42. The largest absolute Gasteiger partial charge is 0.350 e. The maximum Gasteiger partial charge on any atom is 0.251 e. The molecule has 1 atom stereocenters. The van der Waals surface area contributed by atoms with Crippen LogP contribution in [-0.4, -0.2) is 36.5 Å². The SMILES string of the molecule is O=C(NC[C@@H]1CCCN1CCc1ccccc1)c1ccccc1. The number of nitrogens with zero attached hydrogens (tertiary/aromatic N) is 1. The Morgan fingerprint density at radius 3 is 2.48 bits per heavy atom. The third-order valence-corrected chi connectivity index (χ3v) is 4.56. The van der Waals surface area contributed by atoms with Crippen molar-refractivity contribution in [2.45, 2.75) is 25.3 Å². The van der Waals surface area contributed by atoms with Crippen molar-refractivity contribution >= 4 is 5.91 Å². The Balaban J connectivity index is 1.48. The fraction of sp³-hybridized carbons (Fsp3) is 0.350. The summed E-state index contributed by atoms with van der Waals surface area (Å²) in [7, 11) is 0. The van der Waals surface area contributed by atoms with Gasteiger partial charge in [0, 0.05) is 24.7 Å². The zero-order chi connectivity index (χ0) is 15.9. The van der Waals surface area contributed by atoms with E-state index < -0.39 is 0 Å². The summed E-state index contributed by atoms with van der Waals surface area (Å²) < 4.78 is 0. The van der Waals surface area contributed by atoms with Gasteiger partial charge < -0.3 is 5.32 Å². The van der Waals surface area contributed by atoms with Gasteiger partial charge in [0.05, 0.1) is 0 Å². The Labute approximate surface area is 138 Å². The van der Waals surface area contributed by atoms with Crippen LogP contribution in [0.25, 0.3) is 0 Å². The van der Waals surface area contributed by atoms with Crippen molar-refractivity contribution in [1.29, 1.82) is 0 Å². The molecule has 1 fully saturated rings. The van der Waals surface area contributed by atoms with Gasteiger partial charge in [0.25, 0.3) is 5.91 Å². The summed E-state index contributed by atoms with van der Waals surface area (Å²) in [6, 6.07) is 20.5. The lowest BCUT2D eigenvalue weighted by Gasteiger charge is -2.24. The van der Waals surface area contributed by atoms with Gasteiger partial charge in [-0.25, -0.2) is 0 Å². The number of hydrogen-bond donors (Lipinski definition) is 1. The molecule has 0 aromatic heterocycles. The molecule has 2 aromatic carbocycles. The molecule has 0 radical (unpaired) electrons. The lowest BCUT2D eigenvalue weighted by molar-refractivity contribution is 0.0941. The van der Waals surface area contributed by atoms with Crippen LogP contribution in [0.3, 0.4) is 0 Å². The van der Waals surface area contributed by atoms with E-state index in [2.05, 4.69) is 40.5 Å². The molecule has 3 heteroatoms. The van der Waals surface area contributed by atoms with Gasteiger partial charge in [-0.2, -0.15) is 0 Å². The summed E-state index contributed by atoms with van der Waals surface area (Å²) in [6.45, 7) is 2.94. The van der Waals surface area contributed by atoms with Crippen LogP contribution >= 0.6 is 0 Å². The number of nitrogens with one attached hydrogen (secondary N) is 1. The number of amides is 1. The molecule has 0 unspecified atom stereocenters. The zero-order valence-corrected chi connectivity index (χ0v) is 13.4. The molecule has 1 aliphatic heterocycles. The molecule has 23 heavy (non-hydrogen) atoms. The summed E-state index contributed by atoms with van der Waals surface area (Å²) in [5, 5.41) is 3.09. The van der Waals surface area contributed by atoms with Crippen molar-refractivity contribution in [2.24, 2.45) is 0 Å². The van der Waals surface area contributed by atoms with E-state index >= 15 is 0 Å². The number of likely N-dealkylation sites (tertiary alicyclic amines) is 1. The van der Waals surface area contributed by atoms with Gasteiger partial charge in [-0.05, 0) is 43.5 Å². The molecule has 3 rings (SSSR count). The minimum absolute atomic E-state index is 0.0282. The van der Waals surface area contributed by atoms with Crippen molar-refractivity contribution in [3.05, 3.63) is 71.8 Å². The summed E-state index contributed by atoms with van der Waals surface area (Å²) in [4.78, 5) is 14.7. The van der Waals surface area contributed by atoms with Crippen LogP contribution in [0.1, 0.15) is 28.8 Å². The van der Waals surface area contributed by atoms with Gasteiger partial charge in [0.1, 0.15) is 0 Å². The molecular weight excluding hydrogens is 284 g/mol. The highest BCUT2D eigenvalue weighted by Gasteiger charge is 2.24. The maximum absolute atomic E-state index is 12.2. The topological polar surface area (TPSA) is 32.3 Å². The molecule has 0 saturated carbocycles. The first kappa shape index (κ1) is 15.8. The van der Waals surface area contributed by atoms with Gasteiger partial charge >= 0.3 is 0 Å². The smallest absolute Gasteiger partial charge is 0.251 e. The molecule has 0 aliphatic carbocycles. The quantitative estimate of drug-likeness (QED) is 0.889. The Morgan fingerprint density at radius 1 is 1.04 bits per heavy atom. The van der Waals surface area contributed by atoms with Crippen molar-refractivity contribution in [3.8, 4) is 0 Å². The maximum atomic E-state index is 12.2. The van der Waals surface area contributed by atoms with Crippen molar-refractivity contribution in [2.75, 3.05) is 19.6 Å². The van der Waals surface area contributed by atoms with Crippen LogP contribution in [-0.2, 0) is 6.42 Å². The van der Waals surface area contributed by atoms with Crippen LogP contribution in [0.4, 0.5) is 0 Å². The van der Waals surface area contributed by atoms with Crippen LogP contribution in [0.2, 0.25) is 0 Å². The summed E-state index contributed by atoms with van der Waals surface area (Å²) >= 11 is 0. The molecule has 1 amide bonds. The number of carbonyl (C=O) groups is 1. The normalized spacial score (nSPS) is 18.0. The monoisotopic (exact) mass is 308 g/mol. The van der Waals surface area contributed by atoms with E-state index in [9.17, 15) is 4.79 Å². The molecule has 2 aromatic rings. The van der Waals surface area contributed by atoms with E-state index in [1.54, 1.807) is 0 Å². The van der Waals surface area contributed by atoms with E-state index in [0.29, 0.717) is 6.04 Å². The van der Waals surface area contributed by atoms with Gasteiger partial charge in [0.2, 0.25) is 0 Å². The number of carbonyl (C=O) groups excluding carboxylic acids is 1. The Kier molecular flexibility index (Phi) is 5.43. The number of hydrogen-bond acceptors (Lipinski definition) is 2. The van der Waals surface area contributed by atoms with Gasteiger partial charge in [-0.3, -0.25) is 9.69 Å². The fourth-order valence-corrected chi connectivity index (χ4v) is 3.24. The van der Waals surface area contributed by atoms with Crippen molar-refractivity contribution in [3.63, 3.8) is 0 Å². The number of benzene rings is 2. The summed E-state index contributed by atoms with van der Waals surface area (Å²) in [6.07, 6.45) is 3.47. The van der Waals surface area contributed by atoms with Crippen LogP contribution in [0.5, 0.6) is 0 Å². The second kappa shape index (κ2) is 7.93. The van der Waals surface area contributed by atoms with Crippen molar-refractivity contribution in [1.82, 2.24) is 10.2 Å². The molecular formula is C20H24N2O. The predicted molar refractivity (Wildman–Crippen MR) is 93.5 cm³/mol. The molecule has 0 bridgehead atoms. The van der Waals surface area contributed by atoms with E-state index in [-0.39, 0.29) is 5.91 Å². The van der Waals surface area contributed by atoms with E-state index in [4.69, 9.17) is 0 Å². The van der Waals surface area contributed by atoms with E-state index in [1.165, 1.54) is 18.4 Å². The zero-order valence-electron chi connectivity index (χ0n) is 13.4. The molecule has 1 saturated heterocycles. The van der Waals surface area contributed by atoms with Gasteiger partial charge in [-0.1, -0.05) is 48.5 Å². The predicted octanol–water partition coefficient (Wildman–Crippen LogP) is 3.12. The van der Waals surface area contributed by atoms with Crippen LogP contribution < -0.4 is 5.32 Å². The van der Waals surface area contributed by atoms with Gasteiger partial charge in [-0.15, -0.1) is 0 Å². The highest BCUT2D eigenvalue weighted by molar-refractivity contribution is 5.94. The molecule has 1 heterocycles. The second-order valence-corrected chi connectivity index (χ2v) is 6.14. The fourth-order valence-electron chi connectivity index (χ4n) is 3.24. The lowest BCUT2D eigenvalue weighted by atomic mass is 10.1. The Morgan fingerprint density at radius 2 is 1.74 bits per heavy atom. The van der Waals surface area contributed by atoms with E-state index in [0.717, 1.165) is 31.6 Å². The molecule has 1 aliphatic rings. The highest BCUT2D eigenvalue weighted by Crippen LogP contribution is 2.17. The van der Waals surface area contributed by atoms with Crippen LogP contribution in [0.15, 0.2) is 60.7 Å². The number of rotatable bonds is 6. The first-order valence-electron chi connectivity index (χ1n) is 8.44. The molecule has 0 spiro atoms. The molecule has 1 N–H and O–H groups in total. The third-order valence-electron chi connectivity index (χ3n) is 4.56. The summed E-state index contributed by atoms with van der Waals surface area (Å²) in [5.41, 5.74) is 2.12. The van der Waals surface area contributed by atoms with E-state index in [1.807, 2.05) is 30.3 Å². The Hall–Kier alpha value is -2.13. The first-order valence-corrected chi connectivity index (χ1v) is 8.44. The average Bonchev–Trinajstić information content (AvgIpc) is 3.07. The van der Waals surface area contributed by atoms with Crippen molar-refractivity contribution < 1.29 is 4.79 Å². The first-order chi connectivity index (χ1) is 11.3. The van der Waals surface area contributed by atoms with Gasteiger partial charge in [0.15, 0.2) is 0 Å².